The lowest BCUT2D eigenvalue weighted by Crippen LogP contribution is -2.44. The Morgan fingerprint density at radius 3 is 2.71 bits per heavy atom. The third-order valence-electron chi connectivity index (χ3n) is 5.93. The van der Waals surface area contributed by atoms with Crippen LogP contribution in [0.5, 0.6) is 0 Å². The van der Waals surface area contributed by atoms with Gasteiger partial charge in [0.1, 0.15) is 0 Å². The summed E-state index contributed by atoms with van der Waals surface area (Å²) in [6, 6.07) is 11.3. The highest BCUT2D eigenvalue weighted by atomic mass is 127. The van der Waals surface area contributed by atoms with Gasteiger partial charge in [0.2, 0.25) is 0 Å². The van der Waals surface area contributed by atoms with Crippen molar-refractivity contribution < 1.29 is 4.74 Å². The number of aryl methyl sites for hydroxylation is 1. The molecule has 0 amide bonds. The van der Waals surface area contributed by atoms with Gasteiger partial charge in [-0.1, -0.05) is 30.3 Å². The van der Waals surface area contributed by atoms with Crippen LogP contribution in [-0.4, -0.2) is 60.5 Å². The predicted molar refractivity (Wildman–Crippen MR) is 137 cm³/mol. The van der Waals surface area contributed by atoms with Gasteiger partial charge in [0.05, 0.1) is 18.8 Å². The number of benzene rings is 1. The van der Waals surface area contributed by atoms with E-state index in [0.29, 0.717) is 19.2 Å². The normalized spacial score (nSPS) is 16.9. The van der Waals surface area contributed by atoms with Gasteiger partial charge in [0.25, 0.3) is 0 Å². The van der Waals surface area contributed by atoms with Gasteiger partial charge in [-0.3, -0.25) is 14.6 Å². The van der Waals surface area contributed by atoms with Crippen molar-refractivity contribution in [3.63, 3.8) is 0 Å². The molecule has 1 aromatic carbocycles. The molecule has 7 nitrogen and oxygen atoms in total. The van der Waals surface area contributed by atoms with Crippen molar-refractivity contribution in [1.82, 2.24) is 25.3 Å². The zero-order valence-electron chi connectivity index (χ0n) is 19.2. The highest BCUT2D eigenvalue weighted by molar-refractivity contribution is 14.0. The van der Waals surface area contributed by atoms with E-state index in [-0.39, 0.29) is 24.0 Å². The Hall–Kier alpha value is -1.65. The number of aliphatic imine (C=N–C) groups is 1. The van der Waals surface area contributed by atoms with Crippen LogP contribution in [-0.2, 0) is 24.4 Å². The number of rotatable bonds is 9. The first-order valence-electron chi connectivity index (χ1n) is 10.9. The summed E-state index contributed by atoms with van der Waals surface area (Å²) in [5.74, 6) is 0.838. The Balaban J connectivity index is 0.00000341. The van der Waals surface area contributed by atoms with Crippen molar-refractivity contribution in [3.05, 3.63) is 52.8 Å². The Morgan fingerprint density at radius 1 is 1.23 bits per heavy atom. The molecule has 172 valence electrons. The van der Waals surface area contributed by atoms with Gasteiger partial charge in [0, 0.05) is 51.1 Å². The average Bonchev–Trinajstić information content (AvgIpc) is 3.31. The molecule has 1 saturated heterocycles. The van der Waals surface area contributed by atoms with Crippen molar-refractivity contribution in [1.29, 1.82) is 0 Å². The highest BCUT2D eigenvalue weighted by Gasteiger charge is 2.24. The van der Waals surface area contributed by atoms with E-state index in [1.165, 1.54) is 29.7 Å². The lowest BCUT2D eigenvalue weighted by Gasteiger charge is -2.25. The lowest BCUT2D eigenvalue weighted by molar-refractivity contribution is 0.182. The second-order valence-electron chi connectivity index (χ2n) is 7.92. The van der Waals surface area contributed by atoms with Gasteiger partial charge in [-0.15, -0.1) is 24.0 Å². The van der Waals surface area contributed by atoms with Crippen molar-refractivity contribution >= 4 is 29.9 Å². The summed E-state index contributed by atoms with van der Waals surface area (Å²) >= 11 is 0. The number of hydrogen-bond acceptors (Lipinski definition) is 4. The van der Waals surface area contributed by atoms with E-state index in [2.05, 4.69) is 69.8 Å². The maximum absolute atomic E-state index is 5.18. The van der Waals surface area contributed by atoms with E-state index in [1.807, 2.05) is 11.7 Å². The van der Waals surface area contributed by atoms with Crippen LogP contribution in [0.15, 0.2) is 35.3 Å². The number of ether oxygens (including phenoxy) is 1. The van der Waals surface area contributed by atoms with Crippen LogP contribution in [0.2, 0.25) is 0 Å². The summed E-state index contributed by atoms with van der Waals surface area (Å²) in [5, 5.41) is 11.6. The smallest absolute Gasteiger partial charge is 0.191 e. The standard InChI is InChI=1S/C23H36N6O.HI/c1-18-22(19(2)29(27-18)13-14-30-4)16-26-23(24-3)25-15-21-11-8-12-28(21)17-20-9-6-5-7-10-20;/h5-7,9-10,21H,8,11-17H2,1-4H3,(H2,24,25,26);1H. The van der Waals surface area contributed by atoms with Crippen LogP contribution < -0.4 is 10.6 Å². The molecule has 2 N–H and O–H groups in total. The predicted octanol–water partition coefficient (Wildman–Crippen LogP) is 3.09. The number of halogens is 1. The fourth-order valence-corrected chi connectivity index (χ4v) is 4.14. The first-order chi connectivity index (χ1) is 14.6. The Morgan fingerprint density at radius 2 is 2.00 bits per heavy atom. The van der Waals surface area contributed by atoms with Crippen LogP contribution in [0.25, 0.3) is 0 Å². The molecule has 31 heavy (non-hydrogen) atoms. The van der Waals surface area contributed by atoms with E-state index in [1.54, 1.807) is 7.11 Å². The molecule has 0 saturated carbocycles. The average molecular weight is 540 g/mol. The molecule has 1 aliphatic rings. The number of aromatic nitrogens is 2. The second kappa shape index (κ2) is 13.0. The molecule has 0 radical (unpaired) electrons. The number of methoxy groups -OCH3 is 1. The number of hydrogen-bond donors (Lipinski definition) is 2. The number of likely N-dealkylation sites (tertiary alicyclic amines) is 1. The highest BCUT2D eigenvalue weighted by Crippen LogP contribution is 2.19. The fourth-order valence-electron chi connectivity index (χ4n) is 4.14. The molecule has 0 spiro atoms. The summed E-state index contributed by atoms with van der Waals surface area (Å²) in [5.41, 5.74) is 4.83. The zero-order chi connectivity index (χ0) is 21.3. The van der Waals surface area contributed by atoms with Crippen LogP contribution in [0.1, 0.15) is 35.4 Å². The Bertz CT molecular complexity index is 823. The summed E-state index contributed by atoms with van der Waals surface area (Å²) < 4.78 is 7.20. The molecular formula is C23H37IN6O. The molecule has 2 heterocycles. The molecule has 1 fully saturated rings. The molecule has 2 aromatic rings. The Kier molecular flexibility index (Phi) is 10.8. The molecule has 1 unspecified atom stereocenters. The monoisotopic (exact) mass is 540 g/mol. The number of nitrogens with zero attached hydrogens (tertiary/aromatic N) is 4. The maximum Gasteiger partial charge on any atom is 0.191 e. The molecule has 8 heteroatoms. The fraction of sp³-hybridized carbons (Fsp3) is 0.565. The van der Waals surface area contributed by atoms with E-state index in [4.69, 9.17) is 4.74 Å². The zero-order valence-corrected chi connectivity index (χ0v) is 21.6. The molecule has 1 atom stereocenters. The van der Waals surface area contributed by atoms with Gasteiger partial charge in [-0.05, 0) is 38.8 Å². The van der Waals surface area contributed by atoms with Crippen molar-refractivity contribution in [2.45, 2.75) is 52.4 Å². The molecular weight excluding hydrogens is 503 g/mol. The van der Waals surface area contributed by atoms with Crippen molar-refractivity contribution in [3.8, 4) is 0 Å². The van der Waals surface area contributed by atoms with Crippen LogP contribution in [0, 0.1) is 13.8 Å². The number of nitrogens with one attached hydrogen (secondary N) is 2. The minimum atomic E-state index is 0. The van der Waals surface area contributed by atoms with Crippen LogP contribution >= 0.6 is 24.0 Å². The van der Waals surface area contributed by atoms with Gasteiger partial charge >= 0.3 is 0 Å². The number of guanidine groups is 1. The minimum absolute atomic E-state index is 0. The summed E-state index contributed by atoms with van der Waals surface area (Å²) in [6.07, 6.45) is 2.48. The Labute approximate surface area is 203 Å². The molecule has 0 bridgehead atoms. The minimum Gasteiger partial charge on any atom is -0.383 e. The SMILES string of the molecule is CN=C(NCc1c(C)nn(CCOC)c1C)NCC1CCCN1Cc1ccccc1.I. The van der Waals surface area contributed by atoms with E-state index in [9.17, 15) is 0 Å². The van der Waals surface area contributed by atoms with E-state index in [0.717, 1.165) is 37.8 Å². The summed E-state index contributed by atoms with van der Waals surface area (Å²) in [7, 11) is 3.54. The largest absolute Gasteiger partial charge is 0.383 e. The maximum atomic E-state index is 5.18. The topological polar surface area (TPSA) is 66.7 Å². The quantitative estimate of drug-likeness (QED) is 0.291. The van der Waals surface area contributed by atoms with Gasteiger partial charge in [-0.2, -0.15) is 5.10 Å². The van der Waals surface area contributed by atoms with E-state index < -0.39 is 0 Å². The molecule has 0 aliphatic carbocycles. The van der Waals surface area contributed by atoms with Crippen LogP contribution in [0.3, 0.4) is 0 Å². The lowest BCUT2D eigenvalue weighted by atomic mass is 10.2. The van der Waals surface area contributed by atoms with Crippen molar-refractivity contribution in [2.75, 3.05) is 33.9 Å². The van der Waals surface area contributed by atoms with Gasteiger partial charge in [0.15, 0.2) is 5.96 Å². The first-order valence-corrected chi connectivity index (χ1v) is 10.9. The molecule has 1 aromatic heterocycles. The summed E-state index contributed by atoms with van der Waals surface area (Å²) in [4.78, 5) is 6.99. The molecule has 1 aliphatic heterocycles. The van der Waals surface area contributed by atoms with Crippen molar-refractivity contribution in [2.24, 2.45) is 4.99 Å². The molecule has 3 rings (SSSR count). The third-order valence-corrected chi connectivity index (χ3v) is 5.93. The third kappa shape index (κ3) is 7.18. The van der Waals surface area contributed by atoms with Crippen LogP contribution in [0.4, 0.5) is 0 Å². The first kappa shape index (κ1) is 25.6. The van der Waals surface area contributed by atoms with Gasteiger partial charge in [-0.25, -0.2) is 0 Å². The second-order valence-corrected chi connectivity index (χ2v) is 7.92. The van der Waals surface area contributed by atoms with E-state index >= 15 is 0 Å². The van der Waals surface area contributed by atoms with Gasteiger partial charge < -0.3 is 15.4 Å². The summed E-state index contributed by atoms with van der Waals surface area (Å²) in [6.45, 7) is 9.39.